The molecule has 15 atom stereocenters. The Hall–Kier alpha value is -3.26. The first-order valence-electron chi connectivity index (χ1n) is 25.4. The van der Waals surface area contributed by atoms with Crippen molar-refractivity contribution in [3.63, 3.8) is 0 Å². The number of ketones is 2. The molecule has 67 heavy (non-hydrogen) atoms. The molecule has 0 spiro atoms. The number of nitrogens with zero attached hydrogens (tertiary/aromatic N) is 1. The SMILES string of the molecule is C=C1[C@H](C)C[C@H](C)/C=C/C=C/C=C(\C)[C@@H](OC)C[C@@H]2CC[C@@H](C)[C@@](O)(O2)C(=O)C(=O)N2CCCC[C@H]2C(=O)O[C@H]([C@H](C)C[C@@H]2CC[C@@H](O)[C@H](OC)C2)CC(=O)[C@H](C)/C=C(\C)[C@@H](OC(C)C)[C@H]1C. The van der Waals surface area contributed by atoms with Crippen LogP contribution in [0.3, 0.4) is 0 Å². The Morgan fingerprint density at radius 3 is 2.27 bits per heavy atom. The standard InChI is InChI=1S/C55H87NO11/c1-33(2)65-51-39(8)28-37(6)47(58)32-49(38(7)29-43-23-25-46(57)50(30-43)64-13)66-54(61)45-21-17-18-26-56(45)53(60)52(59)55(62)40(9)22-24-44(67-55)31-48(63-12)35(4)20-16-14-15-19-34(3)27-36(5)41(10)42(51)11/h14-16,19-20,28,33-34,36-38,40,42-46,48-51,57,62H,10,17-18,21-27,29-32H2,1-9,11-13H3/b16-14+,19-15+,35-20+,39-28+/t34-,36-,37-,38-,40-,42+,43+,44+,45+,46-,48+,49+,50-,51-,55-/m1/s1. The summed E-state index contributed by atoms with van der Waals surface area (Å²) in [5.41, 5.74) is 2.95. The van der Waals surface area contributed by atoms with Crippen LogP contribution in [0, 0.1) is 41.4 Å². The van der Waals surface area contributed by atoms with Crippen molar-refractivity contribution in [1.82, 2.24) is 4.90 Å². The largest absolute Gasteiger partial charge is 0.460 e. The molecule has 0 aromatic rings. The Bertz CT molecular complexity index is 1800. The fraction of sp³-hybridized carbons (Fsp3) is 0.745. The van der Waals surface area contributed by atoms with Crippen molar-refractivity contribution in [2.75, 3.05) is 20.8 Å². The molecule has 3 aliphatic heterocycles. The number of esters is 1. The van der Waals surface area contributed by atoms with Crippen LogP contribution in [0.5, 0.6) is 0 Å². The van der Waals surface area contributed by atoms with Crippen LogP contribution in [-0.2, 0) is 42.9 Å². The number of Topliss-reactive ketones (excluding diaryl/α,β-unsaturated/α-hetero) is 2. The second kappa shape index (κ2) is 26.1. The van der Waals surface area contributed by atoms with E-state index in [9.17, 15) is 29.4 Å². The summed E-state index contributed by atoms with van der Waals surface area (Å²) in [5.74, 6) is -6.16. The summed E-state index contributed by atoms with van der Waals surface area (Å²) >= 11 is 0. The van der Waals surface area contributed by atoms with Gasteiger partial charge < -0.3 is 38.8 Å². The number of aliphatic hydroxyl groups is 2. The predicted molar refractivity (Wildman–Crippen MR) is 262 cm³/mol. The molecule has 0 radical (unpaired) electrons. The Morgan fingerprint density at radius 1 is 0.881 bits per heavy atom. The lowest BCUT2D eigenvalue weighted by molar-refractivity contribution is -0.265. The Labute approximate surface area is 403 Å². The summed E-state index contributed by atoms with van der Waals surface area (Å²) in [6, 6.07) is -1.09. The molecule has 2 N–H and O–H groups in total. The van der Waals surface area contributed by atoms with Crippen LogP contribution < -0.4 is 0 Å². The highest BCUT2D eigenvalue weighted by molar-refractivity contribution is 6.39. The van der Waals surface area contributed by atoms with E-state index in [2.05, 4.69) is 33.4 Å². The van der Waals surface area contributed by atoms with Crippen molar-refractivity contribution in [3.8, 4) is 0 Å². The van der Waals surface area contributed by atoms with Crippen LogP contribution >= 0.6 is 0 Å². The summed E-state index contributed by atoms with van der Waals surface area (Å²) in [7, 11) is 3.21. The number of hydrogen-bond acceptors (Lipinski definition) is 11. The third-order valence-electron chi connectivity index (χ3n) is 15.2. The summed E-state index contributed by atoms with van der Waals surface area (Å²) in [4.78, 5) is 58.7. The van der Waals surface area contributed by atoms with Gasteiger partial charge in [-0.05, 0) is 127 Å². The summed E-state index contributed by atoms with van der Waals surface area (Å²) in [6.45, 7) is 24.8. The quantitative estimate of drug-likeness (QED) is 0.142. The molecule has 4 rings (SSSR count). The van der Waals surface area contributed by atoms with Crippen LogP contribution in [0.1, 0.15) is 146 Å². The highest BCUT2D eigenvalue weighted by Crippen LogP contribution is 2.38. The number of methoxy groups -OCH3 is 2. The van der Waals surface area contributed by atoms with Gasteiger partial charge in [-0.25, -0.2) is 4.79 Å². The van der Waals surface area contributed by atoms with Gasteiger partial charge in [0, 0.05) is 51.4 Å². The molecule has 1 saturated carbocycles. The van der Waals surface area contributed by atoms with E-state index < -0.39 is 59.6 Å². The average Bonchev–Trinajstić information content (AvgIpc) is 3.29. The maximum Gasteiger partial charge on any atom is 0.329 e. The number of hydrogen-bond donors (Lipinski definition) is 2. The molecular weight excluding hydrogens is 851 g/mol. The lowest BCUT2D eigenvalue weighted by atomic mass is 9.78. The van der Waals surface area contributed by atoms with Gasteiger partial charge in [0.05, 0.1) is 36.6 Å². The first-order valence-corrected chi connectivity index (χ1v) is 25.4. The second-order valence-corrected chi connectivity index (χ2v) is 21.1. The van der Waals surface area contributed by atoms with Crippen LogP contribution in [0.4, 0.5) is 0 Å². The number of carbonyl (C=O) groups is 4. The average molecular weight is 938 g/mol. The number of rotatable bonds is 7. The predicted octanol–water partition coefficient (Wildman–Crippen LogP) is 9.22. The number of carbonyl (C=O) groups excluding carboxylic acids is 4. The third-order valence-corrected chi connectivity index (χ3v) is 15.2. The van der Waals surface area contributed by atoms with Crippen molar-refractivity contribution in [3.05, 3.63) is 59.8 Å². The van der Waals surface area contributed by atoms with Gasteiger partial charge in [-0.2, -0.15) is 0 Å². The first kappa shape index (κ1) is 56.3. The zero-order valence-electron chi connectivity index (χ0n) is 43.0. The van der Waals surface area contributed by atoms with E-state index in [0.717, 1.165) is 29.6 Å². The van der Waals surface area contributed by atoms with Gasteiger partial charge in [0.1, 0.15) is 17.9 Å². The number of allylic oxidation sites excluding steroid dienone is 6. The first-order chi connectivity index (χ1) is 31.6. The normalized spacial score (nSPS) is 39.7. The lowest BCUT2D eigenvalue weighted by Gasteiger charge is -2.42. The van der Waals surface area contributed by atoms with E-state index >= 15 is 0 Å². The molecule has 1 amide bonds. The molecule has 2 bridgehead atoms. The van der Waals surface area contributed by atoms with Crippen LogP contribution in [-0.4, -0.2) is 114 Å². The molecule has 12 nitrogen and oxygen atoms in total. The third kappa shape index (κ3) is 15.4. The summed E-state index contributed by atoms with van der Waals surface area (Å²) in [6.07, 6.45) is 15.4. The minimum absolute atomic E-state index is 0.0366. The lowest BCUT2D eigenvalue weighted by Crippen LogP contribution is -2.61. The molecule has 1 aliphatic carbocycles. The number of ether oxygens (including phenoxy) is 5. The minimum atomic E-state index is -2.40. The van der Waals surface area contributed by atoms with Gasteiger partial charge >= 0.3 is 5.97 Å². The van der Waals surface area contributed by atoms with E-state index in [-0.39, 0.29) is 79.2 Å². The molecule has 3 fully saturated rings. The second-order valence-electron chi connectivity index (χ2n) is 21.1. The molecular formula is C55H87NO11. The van der Waals surface area contributed by atoms with E-state index in [1.807, 2.05) is 71.9 Å². The summed E-state index contributed by atoms with van der Waals surface area (Å²) < 4.78 is 30.6. The van der Waals surface area contributed by atoms with Crippen molar-refractivity contribution >= 4 is 23.4 Å². The van der Waals surface area contributed by atoms with E-state index in [1.54, 1.807) is 21.1 Å². The molecule has 12 heteroatoms. The van der Waals surface area contributed by atoms with Crippen molar-refractivity contribution in [2.24, 2.45) is 41.4 Å². The smallest absolute Gasteiger partial charge is 0.329 e. The Kier molecular flexibility index (Phi) is 21.9. The molecule has 0 aromatic heterocycles. The highest BCUT2D eigenvalue weighted by Gasteiger charge is 2.53. The van der Waals surface area contributed by atoms with Gasteiger partial charge in [0.25, 0.3) is 11.7 Å². The Balaban J connectivity index is 1.73. The van der Waals surface area contributed by atoms with Crippen LogP contribution in [0.25, 0.3) is 0 Å². The fourth-order valence-corrected chi connectivity index (χ4v) is 10.8. The van der Waals surface area contributed by atoms with Gasteiger partial charge in [-0.3, -0.25) is 14.4 Å². The molecule has 378 valence electrons. The van der Waals surface area contributed by atoms with E-state index in [1.165, 1.54) is 4.90 Å². The number of piperidine rings is 1. The summed E-state index contributed by atoms with van der Waals surface area (Å²) in [5, 5.41) is 22.5. The van der Waals surface area contributed by atoms with Crippen molar-refractivity contribution in [2.45, 2.75) is 201 Å². The van der Waals surface area contributed by atoms with Gasteiger partial charge in [0.15, 0.2) is 0 Å². The zero-order chi connectivity index (χ0) is 49.7. The topological polar surface area (TPSA) is 158 Å². The number of fused-ring (bicyclic) bond motifs is 3. The molecule has 0 unspecified atom stereocenters. The highest BCUT2D eigenvalue weighted by atomic mass is 16.6. The Morgan fingerprint density at radius 2 is 1.60 bits per heavy atom. The number of aliphatic hydroxyl groups excluding tert-OH is 1. The number of amides is 1. The maximum absolute atomic E-state index is 14.5. The van der Waals surface area contributed by atoms with E-state index in [4.69, 9.17) is 23.7 Å². The molecule has 4 aliphatic rings. The molecule has 0 aromatic carbocycles. The maximum atomic E-state index is 14.5. The monoisotopic (exact) mass is 938 g/mol. The van der Waals surface area contributed by atoms with Crippen molar-refractivity contribution in [1.29, 1.82) is 0 Å². The minimum Gasteiger partial charge on any atom is -0.460 e. The number of cyclic esters (lactones) is 1. The van der Waals surface area contributed by atoms with Gasteiger partial charge in [-0.1, -0.05) is 90.2 Å². The van der Waals surface area contributed by atoms with Gasteiger partial charge in [-0.15, -0.1) is 0 Å². The van der Waals surface area contributed by atoms with Crippen LogP contribution in [0.2, 0.25) is 0 Å². The van der Waals surface area contributed by atoms with Crippen LogP contribution in [0.15, 0.2) is 59.8 Å². The fourth-order valence-electron chi connectivity index (χ4n) is 10.8. The molecule has 2 saturated heterocycles. The molecule has 3 heterocycles. The van der Waals surface area contributed by atoms with Gasteiger partial charge in [0.2, 0.25) is 5.79 Å². The zero-order valence-corrected chi connectivity index (χ0v) is 43.0. The van der Waals surface area contributed by atoms with E-state index in [0.29, 0.717) is 51.4 Å². The van der Waals surface area contributed by atoms with Crippen molar-refractivity contribution < 1.29 is 53.1 Å².